The summed E-state index contributed by atoms with van der Waals surface area (Å²) in [6, 6.07) is 8.96. The van der Waals surface area contributed by atoms with Crippen molar-refractivity contribution in [3.8, 4) is 0 Å². The first-order valence-corrected chi connectivity index (χ1v) is 8.04. The van der Waals surface area contributed by atoms with Crippen molar-refractivity contribution in [1.29, 1.82) is 5.41 Å². The number of nitrogens with zero attached hydrogens (tertiary/aromatic N) is 1. The Labute approximate surface area is 113 Å². The molecule has 0 bridgehead atoms. The van der Waals surface area contributed by atoms with Gasteiger partial charge in [-0.2, -0.15) is 11.8 Å². The molecule has 1 saturated carbocycles. The first kappa shape index (κ1) is 12.1. The number of nitrogens with one attached hydrogen (secondary N) is 1. The maximum absolute atomic E-state index is 8.37. The van der Waals surface area contributed by atoms with Crippen molar-refractivity contribution >= 4 is 17.6 Å². The third-order valence-corrected chi connectivity index (χ3v) is 5.37. The molecule has 96 valence electrons. The lowest BCUT2D eigenvalue weighted by Crippen LogP contribution is -2.39. The van der Waals surface area contributed by atoms with Crippen LogP contribution in [-0.2, 0) is 6.54 Å². The summed E-state index contributed by atoms with van der Waals surface area (Å²) >= 11 is 2.00. The van der Waals surface area contributed by atoms with Crippen molar-refractivity contribution in [3.63, 3.8) is 0 Å². The zero-order valence-electron chi connectivity index (χ0n) is 10.9. The van der Waals surface area contributed by atoms with Gasteiger partial charge in [0, 0.05) is 23.4 Å². The van der Waals surface area contributed by atoms with Crippen molar-refractivity contribution in [2.75, 3.05) is 6.26 Å². The molecule has 1 fully saturated rings. The summed E-state index contributed by atoms with van der Waals surface area (Å²) in [7, 11) is 0. The van der Waals surface area contributed by atoms with Gasteiger partial charge in [-0.25, -0.2) is 0 Å². The zero-order chi connectivity index (χ0) is 12.5. The van der Waals surface area contributed by atoms with Gasteiger partial charge in [0.2, 0.25) is 0 Å². The van der Waals surface area contributed by atoms with Crippen LogP contribution in [0.4, 0.5) is 0 Å². The fraction of sp³-hybridized carbons (Fsp3) is 0.533. The summed E-state index contributed by atoms with van der Waals surface area (Å²) in [5.41, 5.74) is 2.47. The van der Waals surface area contributed by atoms with Crippen molar-refractivity contribution in [2.45, 2.75) is 43.5 Å². The molecular weight excluding hydrogens is 240 g/mol. The number of benzene rings is 1. The maximum Gasteiger partial charge on any atom is 0.128 e. The van der Waals surface area contributed by atoms with Gasteiger partial charge in [-0.1, -0.05) is 30.7 Å². The molecule has 2 aliphatic rings. The summed E-state index contributed by atoms with van der Waals surface area (Å²) in [5.74, 6) is 0.748. The summed E-state index contributed by atoms with van der Waals surface area (Å²) < 4.78 is 0. The van der Waals surface area contributed by atoms with Gasteiger partial charge in [0.1, 0.15) is 5.84 Å². The maximum atomic E-state index is 8.37. The van der Waals surface area contributed by atoms with Gasteiger partial charge in [-0.3, -0.25) is 5.41 Å². The van der Waals surface area contributed by atoms with E-state index in [-0.39, 0.29) is 0 Å². The minimum Gasteiger partial charge on any atom is -0.349 e. The van der Waals surface area contributed by atoms with Crippen molar-refractivity contribution in [1.82, 2.24) is 4.90 Å². The van der Waals surface area contributed by atoms with Crippen LogP contribution in [0.1, 0.15) is 36.8 Å². The number of amidine groups is 1. The van der Waals surface area contributed by atoms with Gasteiger partial charge >= 0.3 is 0 Å². The average Bonchev–Trinajstić information content (AvgIpc) is 2.77. The third-order valence-electron chi connectivity index (χ3n) is 4.27. The first-order valence-electron chi connectivity index (χ1n) is 6.76. The van der Waals surface area contributed by atoms with Crippen molar-refractivity contribution < 1.29 is 0 Å². The smallest absolute Gasteiger partial charge is 0.128 e. The summed E-state index contributed by atoms with van der Waals surface area (Å²) in [5, 5.41) is 9.16. The second-order valence-electron chi connectivity index (χ2n) is 5.31. The molecule has 0 amide bonds. The predicted molar refractivity (Wildman–Crippen MR) is 78.4 cm³/mol. The largest absolute Gasteiger partial charge is 0.349 e. The van der Waals surface area contributed by atoms with E-state index >= 15 is 0 Å². The Morgan fingerprint density at radius 2 is 2.11 bits per heavy atom. The lowest BCUT2D eigenvalue weighted by molar-refractivity contribution is 0.248. The molecule has 1 aliphatic heterocycles. The number of rotatable bonds is 2. The molecule has 1 aromatic rings. The first-order chi connectivity index (χ1) is 8.79. The molecule has 3 heteroatoms. The monoisotopic (exact) mass is 260 g/mol. The van der Waals surface area contributed by atoms with Crippen LogP contribution in [0.5, 0.6) is 0 Å². The SMILES string of the molecule is CSC1CCCC(N2Cc3ccccc3C2=N)C1. The van der Waals surface area contributed by atoms with E-state index in [1.807, 2.05) is 17.8 Å². The molecule has 0 saturated heterocycles. The van der Waals surface area contributed by atoms with E-state index in [2.05, 4.69) is 29.4 Å². The van der Waals surface area contributed by atoms with Gasteiger partial charge in [0.05, 0.1) is 0 Å². The van der Waals surface area contributed by atoms with Crippen LogP contribution in [0, 0.1) is 5.41 Å². The Hall–Kier alpha value is -0.960. The molecule has 1 aromatic carbocycles. The number of hydrogen-bond acceptors (Lipinski definition) is 2. The van der Waals surface area contributed by atoms with E-state index in [4.69, 9.17) is 5.41 Å². The highest BCUT2D eigenvalue weighted by atomic mass is 32.2. The Morgan fingerprint density at radius 1 is 1.28 bits per heavy atom. The third kappa shape index (κ3) is 2.05. The quantitative estimate of drug-likeness (QED) is 0.881. The number of thioether (sulfide) groups is 1. The standard InChI is InChI=1S/C15H20N2S/c1-18-13-7-4-6-12(9-13)17-10-11-5-2-3-8-14(11)15(17)16/h2-3,5,8,12-13,16H,4,6-7,9-10H2,1H3. The molecule has 3 rings (SSSR count). The lowest BCUT2D eigenvalue weighted by atomic mass is 9.94. The van der Waals surface area contributed by atoms with E-state index in [1.54, 1.807) is 0 Å². The number of hydrogen-bond donors (Lipinski definition) is 1. The van der Waals surface area contributed by atoms with Crippen LogP contribution < -0.4 is 0 Å². The molecule has 1 heterocycles. The minimum atomic E-state index is 0.580. The molecular formula is C15H20N2S. The van der Waals surface area contributed by atoms with Gasteiger partial charge in [-0.15, -0.1) is 0 Å². The Morgan fingerprint density at radius 3 is 2.89 bits per heavy atom. The summed E-state index contributed by atoms with van der Waals surface area (Å²) in [6.45, 7) is 0.945. The van der Waals surface area contributed by atoms with Crippen LogP contribution in [0.3, 0.4) is 0 Å². The molecule has 1 N–H and O–H groups in total. The van der Waals surface area contributed by atoms with Crippen molar-refractivity contribution in [2.24, 2.45) is 0 Å². The van der Waals surface area contributed by atoms with E-state index in [0.29, 0.717) is 6.04 Å². The highest BCUT2D eigenvalue weighted by Gasteiger charge is 2.32. The summed E-state index contributed by atoms with van der Waals surface area (Å²) in [6.07, 6.45) is 7.39. The average molecular weight is 260 g/mol. The Balaban J connectivity index is 1.77. The van der Waals surface area contributed by atoms with E-state index in [1.165, 1.54) is 31.2 Å². The summed E-state index contributed by atoms with van der Waals surface area (Å²) in [4.78, 5) is 2.33. The fourth-order valence-electron chi connectivity index (χ4n) is 3.24. The number of fused-ring (bicyclic) bond motifs is 1. The molecule has 0 aromatic heterocycles. The highest BCUT2D eigenvalue weighted by molar-refractivity contribution is 7.99. The van der Waals surface area contributed by atoms with Crippen LogP contribution in [0.2, 0.25) is 0 Å². The van der Waals surface area contributed by atoms with E-state index in [0.717, 1.165) is 23.2 Å². The molecule has 2 unspecified atom stereocenters. The topological polar surface area (TPSA) is 27.1 Å². The normalized spacial score (nSPS) is 27.4. The second-order valence-corrected chi connectivity index (χ2v) is 6.45. The Bertz CT molecular complexity index is 458. The molecule has 0 radical (unpaired) electrons. The van der Waals surface area contributed by atoms with Crippen LogP contribution in [0.25, 0.3) is 0 Å². The van der Waals surface area contributed by atoms with E-state index in [9.17, 15) is 0 Å². The molecule has 18 heavy (non-hydrogen) atoms. The predicted octanol–water partition coefficient (Wildman–Crippen LogP) is 3.50. The van der Waals surface area contributed by atoms with Crippen LogP contribution in [0.15, 0.2) is 24.3 Å². The van der Waals surface area contributed by atoms with Gasteiger partial charge < -0.3 is 4.90 Å². The van der Waals surface area contributed by atoms with E-state index < -0.39 is 0 Å². The van der Waals surface area contributed by atoms with Crippen LogP contribution in [-0.4, -0.2) is 28.3 Å². The lowest BCUT2D eigenvalue weighted by Gasteiger charge is -2.35. The molecule has 1 aliphatic carbocycles. The second kappa shape index (κ2) is 4.96. The minimum absolute atomic E-state index is 0.580. The Kier molecular flexibility index (Phi) is 3.33. The zero-order valence-corrected chi connectivity index (χ0v) is 11.7. The van der Waals surface area contributed by atoms with Crippen LogP contribution >= 0.6 is 11.8 Å². The van der Waals surface area contributed by atoms with Gasteiger partial charge in [0.15, 0.2) is 0 Å². The van der Waals surface area contributed by atoms with Gasteiger partial charge in [0.25, 0.3) is 0 Å². The van der Waals surface area contributed by atoms with Gasteiger partial charge in [-0.05, 0) is 31.1 Å². The molecule has 0 spiro atoms. The fourth-order valence-corrected chi connectivity index (χ4v) is 4.05. The molecule has 2 nitrogen and oxygen atoms in total. The highest BCUT2D eigenvalue weighted by Crippen LogP contribution is 2.34. The molecule has 2 atom stereocenters. The van der Waals surface area contributed by atoms with Crippen molar-refractivity contribution in [3.05, 3.63) is 35.4 Å².